The van der Waals surface area contributed by atoms with Crippen LogP contribution in [-0.4, -0.2) is 35.8 Å². The Morgan fingerprint density at radius 1 is 1.00 bits per heavy atom. The van der Waals surface area contributed by atoms with Crippen LogP contribution in [0.4, 0.5) is 11.4 Å². The molecule has 0 fully saturated rings. The number of amides is 2. The van der Waals surface area contributed by atoms with Crippen LogP contribution in [0.25, 0.3) is 5.57 Å². The number of aromatic nitrogens is 1. The highest BCUT2D eigenvalue weighted by Crippen LogP contribution is 2.33. The molecule has 0 spiro atoms. The van der Waals surface area contributed by atoms with E-state index < -0.39 is 0 Å². The lowest BCUT2D eigenvalue weighted by molar-refractivity contribution is -0.137. The summed E-state index contributed by atoms with van der Waals surface area (Å²) in [4.78, 5) is 34.6. The maximum atomic E-state index is 13.2. The number of nitrogens with zero attached hydrogens (tertiary/aromatic N) is 3. The number of pyridine rings is 1. The molecule has 29 heavy (non-hydrogen) atoms. The van der Waals surface area contributed by atoms with E-state index >= 15 is 0 Å². The van der Waals surface area contributed by atoms with Crippen LogP contribution in [0.1, 0.15) is 10.6 Å². The number of anilines is 2. The van der Waals surface area contributed by atoms with Gasteiger partial charge >= 0.3 is 0 Å². The van der Waals surface area contributed by atoms with Gasteiger partial charge < -0.3 is 10.2 Å². The van der Waals surface area contributed by atoms with Gasteiger partial charge in [0.15, 0.2) is 0 Å². The van der Waals surface area contributed by atoms with Crippen LogP contribution in [0, 0.1) is 0 Å². The minimum atomic E-state index is -0.347. The molecule has 3 heterocycles. The number of hydrogen-bond donors (Lipinski definition) is 1. The molecular formula is C22H20N4O2S. The van der Waals surface area contributed by atoms with E-state index in [9.17, 15) is 9.59 Å². The number of benzene rings is 1. The number of carbonyl (C=O) groups excluding carboxylic acids is 2. The van der Waals surface area contributed by atoms with Gasteiger partial charge in [-0.2, -0.15) is 0 Å². The largest absolute Gasteiger partial charge is 0.378 e. The number of thiophene rings is 1. The summed E-state index contributed by atoms with van der Waals surface area (Å²) in [5.74, 6) is -0.656. The molecule has 3 aromatic rings. The second kappa shape index (κ2) is 7.89. The Labute approximate surface area is 173 Å². The first-order valence-corrected chi connectivity index (χ1v) is 10.0. The van der Waals surface area contributed by atoms with Crippen LogP contribution in [0.2, 0.25) is 0 Å². The highest BCUT2D eigenvalue weighted by molar-refractivity contribution is 7.11. The van der Waals surface area contributed by atoms with Gasteiger partial charge in [-0.1, -0.05) is 12.1 Å². The molecule has 146 valence electrons. The second-order valence-corrected chi connectivity index (χ2v) is 7.76. The monoisotopic (exact) mass is 404 g/mol. The quantitative estimate of drug-likeness (QED) is 0.636. The van der Waals surface area contributed by atoms with Crippen molar-refractivity contribution in [2.45, 2.75) is 6.54 Å². The van der Waals surface area contributed by atoms with Gasteiger partial charge in [0.2, 0.25) is 0 Å². The van der Waals surface area contributed by atoms with Crippen molar-refractivity contribution < 1.29 is 9.59 Å². The number of imide groups is 1. The van der Waals surface area contributed by atoms with Crippen molar-refractivity contribution >= 4 is 40.1 Å². The molecule has 1 aliphatic rings. The molecule has 4 rings (SSSR count). The summed E-state index contributed by atoms with van der Waals surface area (Å²) in [6.45, 7) is 0.137. The summed E-state index contributed by atoms with van der Waals surface area (Å²) in [5, 5.41) is 5.07. The lowest BCUT2D eigenvalue weighted by Crippen LogP contribution is -2.32. The van der Waals surface area contributed by atoms with Gasteiger partial charge in [-0.3, -0.25) is 19.5 Å². The van der Waals surface area contributed by atoms with Crippen molar-refractivity contribution in [3.63, 3.8) is 0 Å². The number of hydrogen-bond acceptors (Lipinski definition) is 6. The van der Waals surface area contributed by atoms with Crippen LogP contribution >= 0.6 is 11.3 Å². The summed E-state index contributed by atoms with van der Waals surface area (Å²) in [6.07, 6.45) is 1.65. The maximum absolute atomic E-state index is 13.2. The number of carbonyl (C=O) groups is 2. The van der Waals surface area contributed by atoms with Gasteiger partial charge in [0, 0.05) is 36.5 Å². The minimum Gasteiger partial charge on any atom is -0.378 e. The zero-order chi connectivity index (χ0) is 20.4. The summed E-state index contributed by atoms with van der Waals surface area (Å²) in [7, 11) is 3.93. The zero-order valence-electron chi connectivity index (χ0n) is 16.1. The Morgan fingerprint density at radius 3 is 2.41 bits per heavy atom. The maximum Gasteiger partial charge on any atom is 0.278 e. The molecule has 2 aromatic heterocycles. The van der Waals surface area contributed by atoms with E-state index in [1.54, 1.807) is 18.3 Å². The van der Waals surface area contributed by atoms with Gasteiger partial charge in [-0.15, -0.1) is 11.3 Å². The van der Waals surface area contributed by atoms with Gasteiger partial charge in [-0.05, 0) is 47.8 Å². The molecule has 6 nitrogen and oxygen atoms in total. The topological polar surface area (TPSA) is 65.5 Å². The predicted molar refractivity (Wildman–Crippen MR) is 115 cm³/mol. The van der Waals surface area contributed by atoms with Crippen molar-refractivity contribution in [3.05, 3.63) is 82.4 Å². The smallest absolute Gasteiger partial charge is 0.278 e. The predicted octanol–water partition coefficient (Wildman–Crippen LogP) is 3.60. The van der Waals surface area contributed by atoms with E-state index in [0.717, 1.165) is 16.3 Å². The first-order valence-electron chi connectivity index (χ1n) is 9.13. The fraction of sp³-hybridized carbons (Fsp3) is 0.136. The summed E-state index contributed by atoms with van der Waals surface area (Å²) < 4.78 is 0. The molecule has 2 amide bonds. The summed E-state index contributed by atoms with van der Waals surface area (Å²) in [6, 6.07) is 16.9. The van der Waals surface area contributed by atoms with E-state index in [-0.39, 0.29) is 18.4 Å². The SMILES string of the molecule is CN(C)c1ccc(NC2=C(c3cccs3)C(=O)N(Cc3ccccn3)C2=O)cc1. The first-order chi connectivity index (χ1) is 14.0. The summed E-state index contributed by atoms with van der Waals surface area (Å²) in [5.41, 5.74) is 3.16. The van der Waals surface area contributed by atoms with E-state index in [1.807, 2.05) is 66.8 Å². The van der Waals surface area contributed by atoms with Crippen LogP contribution < -0.4 is 10.2 Å². The van der Waals surface area contributed by atoms with Crippen molar-refractivity contribution in [2.24, 2.45) is 0 Å². The molecular weight excluding hydrogens is 384 g/mol. The summed E-state index contributed by atoms with van der Waals surface area (Å²) >= 11 is 1.44. The Balaban J connectivity index is 1.67. The Kier molecular flexibility index (Phi) is 5.14. The second-order valence-electron chi connectivity index (χ2n) is 6.81. The van der Waals surface area contributed by atoms with E-state index in [1.165, 1.54) is 16.2 Å². The molecule has 0 unspecified atom stereocenters. The Bertz CT molecular complexity index is 1060. The van der Waals surface area contributed by atoms with Crippen molar-refractivity contribution in [3.8, 4) is 0 Å². The Hall–Kier alpha value is -3.45. The normalized spacial score (nSPS) is 13.9. The molecule has 1 aromatic carbocycles. The van der Waals surface area contributed by atoms with E-state index in [4.69, 9.17) is 0 Å². The fourth-order valence-electron chi connectivity index (χ4n) is 3.13. The number of rotatable bonds is 6. The number of nitrogens with one attached hydrogen (secondary N) is 1. The van der Waals surface area contributed by atoms with Crippen molar-refractivity contribution in [1.29, 1.82) is 0 Å². The van der Waals surface area contributed by atoms with Crippen LogP contribution in [0.5, 0.6) is 0 Å². The molecule has 7 heteroatoms. The van der Waals surface area contributed by atoms with Crippen LogP contribution in [-0.2, 0) is 16.1 Å². The highest BCUT2D eigenvalue weighted by atomic mass is 32.1. The lowest BCUT2D eigenvalue weighted by atomic mass is 10.2. The molecule has 1 N–H and O–H groups in total. The standard InChI is InChI=1S/C22H20N4O2S/c1-25(2)17-10-8-15(9-11-17)24-20-19(18-7-5-13-29-18)21(27)26(22(20)28)14-16-6-3-4-12-23-16/h3-13,24H,14H2,1-2H3. The van der Waals surface area contributed by atoms with Gasteiger partial charge in [-0.25, -0.2) is 0 Å². The first kappa shape index (κ1) is 18.9. The van der Waals surface area contributed by atoms with Crippen molar-refractivity contribution in [2.75, 3.05) is 24.3 Å². The molecule has 0 aliphatic carbocycles. The average Bonchev–Trinajstić information content (AvgIpc) is 3.33. The molecule has 0 radical (unpaired) electrons. The Morgan fingerprint density at radius 2 is 1.79 bits per heavy atom. The fourth-order valence-corrected chi connectivity index (χ4v) is 3.89. The minimum absolute atomic E-state index is 0.137. The van der Waals surface area contributed by atoms with Gasteiger partial charge in [0.1, 0.15) is 5.70 Å². The molecule has 0 saturated carbocycles. The third kappa shape index (κ3) is 3.77. The van der Waals surface area contributed by atoms with Crippen LogP contribution in [0.15, 0.2) is 71.9 Å². The van der Waals surface area contributed by atoms with Gasteiger partial charge in [0.05, 0.1) is 17.8 Å². The third-order valence-corrected chi connectivity index (χ3v) is 5.52. The van der Waals surface area contributed by atoms with Gasteiger partial charge in [0.25, 0.3) is 11.8 Å². The molecule has 1 aliphatic heterocycles. The van der Waals surface area contributed by atoms with E-state index in [0.29, 0.717) is 17.0 Å². The lowest BCUT2D eigenvalue weighted by Gasteiger charge is -2.15. The third-order valence-electron chi connectivity index (χ3n) is 4.63. The van der Waals surface area contributed by atoms with Crippen molar-refractivity contribution in [1.82, 2.24) is 9.88 Å². The van der Waals surface area contributed by atoms with E-state index in [2.05, 4.69) is 10.3 Å². The highest BCUT2D eigenvalue weighted by Gasteiger charge is 2.39. The van der Waals surface area contributed by atoms with Crippen LogP contribution in [0.3, 0.4) is 0 Å². The average molecular weight is 404 g/mol. The molecule has 0 bridgehead atoms. The molecule has 0 saturated heterocycles. The molecule has 0 atom stereocenters. The zero-order valence-corrected chi connectivity index (χ0v) is 16.9.